The van der Waals surface area contributed by atoms with Crippen LogP contribution in [0.25, 0.3) is 5.52 Å². The second-order valence-electron chi connectivity index (χ2n) is 4.72. The number of likely N-dealkylation sites (N-methyl/N-ethyl adjacent to an activating group) is 1. The third kappa shape index (κ3) is 2.61. The van der Waals surface area contributed by atoms with E-state index in [0.717, 1.165) is 23.3 Å². The number of aromatic nitrogens is 2. The molecule has 2 aromatic heterocycles. The Morgan fingerprint density at radius 1 is 1.58 bits per heavy atom. The lowest BCUT2D eigenvalue weighted by Gasteiger charge is -2.08. The molecule has 2 heterocycles. The Balaban J connectivity index is 2.56. The summed E-state index contributed by atoms with van der Waals surface area (Å²) >= 11 is 0. The lowest BCUT2D eigenvalue weighted by Crippen LogP contribution is -2.24. The van der Waals surface area contributed by atoms with E-state index in [1.807, 2.05) is 36.7 Å². The van der Waals surface area contributed by atoms with Gasteiger partial charge in [-0.2, -0.15) is 0 Å². The van der Waals surface area contributed by atoms with Crippen LogP contribution < -0.4 is 5.32 Å². The second kappa shape index (κ2) is 5.40. The van der Waals surface area contributed by atoms with Crippen LogP contribution in [-0.2, 0) is 11.2 Å². The molecule has 0 radical (unpaired) electrons. The van der Waals surface area contributed by atoms with Crippen molar-refractivity contribution in [1.82, 2.24) is 14.7 Å². The Labute approximate surface area is 112 Å². The van der Waals surface area contributed by atoms with Crippen LogP contribution in [0.15, 0.2) is 18.3 Å². The summed E-state index contributed by atoms with van der Waals surface area (Å²) in [6, 6.07) is 4.24. The largest absolute Gasteiger partial charge is 0.464 e. The number of fused-ring (bicyclic) bond motifs is 1. The number of carbonyl (C=O) groups is 1. The van der Waals surface area contributed by atoms with Crippen LogP contribution in [0.3, 0.4) is 0 Å². The Kier molecular flexibility index (Phi) is 3.85. The molecule has 5 heteroatoms. The van der Waals surface area contributed by atoms with Crippen LogP contribution in [0.5, 0.6) is 0 Å². The number of pyridine rings is 1. The van der Waals surface area contributed by atoms with Crippen molar-refractivity contribution in [1.29, 1.82) is 0 Å². The molecule has 0 aliphatic heterocycles. The lowest BCUT2D eigenvalue weighted by molar-refractivity contribution is 0.0597. The minimum atomic E-state index is -0.397. The summed E-state index contributed by atoms with van der Waals surface area (Å²) in [5.74, 6) is 0.462. The number of aryl methyl sites for hydroxylation is 1. The van der Waals surface area contributed by atoms with Crippen molar-refractivity contribution in [2.24, 2.45) is 0 Å². The summed E-state index contributed by atoms with van der Waals surface area (Å²) in [5.41, 5.74) is 2.26. The molecular formula is C14H19N3O2. The summed E-state index contributed by atoms with van der Waals surface area (Å²) in [7, 11) is 3.28. The van der Waals surface area contributed by atoms with Gasteiger partial charge in [0.05, 0.1) is 12.6 Å². The zero-order valence-corrected chi connectivity index (χ0v) is 11.7. The highest BCUT2D eigenvalue weighted by atomic mass is 16.5. The number of esters is 1. The van der Waals surface area contributed by atoms with Crippen LogP contribution >= 0.6 is 0 Å². The Morgan fingerprint density at radius 3 is 2.95 bits per heavy atom. The summed E-state index contributed by atoms with van der Waals surface area (Å²) in [6.07, 6.45) is 2.69. The van der Waals surface area contributed by atoms with Crippen molar-refractivity contribution < 1.29 is 9.53 Å². The molecule has 5 nitrogen and oxygen atoms in total. The van der Waals surface area contributed by atoms with Gasteiger partial charge in [-0.1, -0.05) is 0 Å². The van der Waals surface area contributed by atoms with Gasteiger partial charge in [-0.15, -0.1) is 0 Å². The Bertz CT molecular complexity index is 604. The molecule has 0 spiro atoms. The van der Waals surface area contributed by atoms with Gasteiger partial charge in [0.15, 0.2) is 5.69 Å². The Morgan fingerprint density at radius 2 is 2.32 bits per heavy atom. The molecule has 1 unspecified atom stereocenters. The molecule has 1 N–H and O–H groups in total. The fraction of sp³-hybridized carbons (Fsp3) is 0.429. The molecule has 0 amide bonds. The van der Waals surface area contributed by atoms with Crippen LogP contribution in [0.2, 0.25) is 0 Å². The van der Waals surface area contributed by atoms with E-state index in [1.54, 1.807) is 0 Å². The van der Waals surface area contributed by atoms with E-state index in [9.17, 15) is 4.79 Å². The quantitative estimate of drug-likeness (QED) is 0.849. The van der Waals surface area contributed by atoms with E-state index in [4.69, 9.17) is 4.74 Å². The first-order chi connectivity index (χ1) is 9.06. The molecule has 0 saturated carbocycles. The van der Waals surface area contributed by atoms with Crippen molar-refractivity contribution in [3.63, 3.8) is 0 Å². The van der Waals surface area contributed by atoms with Crippen LogP contribution in [-0.4, -0.2) is 35.6 Å². The van der Waals surface area contributed by atoms with Crippen LogP contribution in [0.4, 0.5) is 0 Å². The third-order valence-corrected chi connectivity index (χ3v) is 3.23. The van der Waals surface area contributed by atoms with Gasteiger partial charge in [-0.3, -0.25) is 0 Å². The highest BCUT2D eigenvalue weighted by Gasteiger charge is 2.18. The number of nitrogens with one attached hydrogen (secondary N) is 1. The minimum Gasteiger partial charge on any atom is -0.464 e. The summed E-state index contributed by atoms with van der Waals surface area (Å²) in [4.78, 5) is 16.2. The van der Waals surface area contributed by atoms with E-state index in [2.05, 4.69) is 17.2 Å². The molecule has 2 aromatic rings. The van der Waals surface area contributed by atoms with Gasteiger partial charge >= 0.3 is 5.97 Å². The SMILES string of the molecule is CNC(C)Cc1nc(C(=O)OC)c2cc(C)ccn12. The highest BCUT2D eigenvalue weighted by Crippen LogP contribution is 2.17. The molecule has 0 saturated heterocycles. The number of imidazole rings is 1. The van der Waals surface area contributed by atoms with E-state index in [1.165, 1.54) is 7.11 Å². The van der Waals surface area contributed by atoms with Crippen molar-refractivity contribution in [3.8, 4) is 0 Å². The number of nitrogens with zero attached hydrogens (tertiary/aromatic N) is 2. The summed E-state index contributed by atoms with van der Waals surface area (Å²) in [6.45, 7) is 4.07. The van der Waals surface area contributed by atoms with E-state index < -0.39 is 5.97 Å². The van der Waals surface area contributed by atoms with E-state index in [-0.39, 0.29) is 6.04 Å². The number of hydrogen-bond donors (Lipinski definition) is 1. The van der Waals surface area contributed by atoms with Gasteiger partial charge in [0, 0.05) is 18.7 Å². The predicted molar refractivity (Wildman–Crippen MR) is 73.5 cm³/mol. The average molecular weight is 261 g/mol. The highest BCUT2D eigenvalue weighted by molar-refractivity contribution is 5.95. The lowest BCUT2D eigenvalue weighted by atomic mass is 10.2. The molecule has 2 rings (SSSR count). The van der Waals surface area contributed by atoms with Gasteiger partial charge in [-0.25, -0.2) is 9.78 Å². The van der Waals surface area contributed by atoms with Gasteiger partial charge in [0.1, 0.15) is 5.82 Å². The van der Waals surface area contributed by atoms with Crippen molar-refractivity contribution in [2.45, 2.75) is 26.3 Å². The maximum Gasteiger partial charge on any atom is 0.358 e. The summed E-state index contributed by atoms with van der Waals surface area (Å²) in [5, 5.41) is 3.17. The number of ether oxygens (including phenoxy) is 1. The monoisotopic (exact) mass is 261 g/mol. The number of methoxy groups -OCH3 is 1. The van der Waals surface area contributed by atoms with Gasteiger partial charge in [-0.05, 0) is 38.6 Å². The first-order valence-corrected chi connectivity index (χ1v) is 6.30. The van der Waals surface area contributed by atoms with Gasteiger partial charge in [0.2, 0.25) is 0 Å². The fourth-order valence-corrected chi connectivity index (χ4v) is 2.02. The van der Waals surface area contributed by atoms with E-state index in [0.29, 0.717) is 5.69 Å². The zero-order chi connectivity index (χ0) is 14.0. The van der Waals surface area contributed by atoms with Gasteiger partial charge < -0.3 is 14.5 Å². The van der Waals surface area contributed by atoms with Gasteiger partial charge in [0.25, 0.3) is 0 Å². The zero-order valence-electron chi connectivity index (χ0n) is 11.7. The molecular weight excluding hydrogens is 242 g/mol. The predicted octanol–water partition coefficient (Wildman–Crippen LogP) is 1.58. The first-order valence-electron chi connectivity index (χ1n) is 6.30. The Hall–Kier alpha value is -1.88. The standard InChI is InChI=1S/C14H19N3O2/c1-9-5-6-17-11(7-9)13(14(18)19-4)16-12(17)8-10(2)15-3/h5-7,10,15H,8H2,1-4H3. The van der Waals surface area contributed by atoms with Crippen LogP contribution in [0, 0.1) is 6.92 Å². The van der Waals surface area contributed by atoms with Crippen molar-refractivity contribution in [2.75, 3.05) is 14.2 Å². The number of carbonyl (C=O) groups excluding carboxylic acids is 1. The molecule has 102 valence electrons. The fourth-order valence-electron chi connectivity index (χ4n) is 2.02. The van der Waals surface area contributed by atoms with Crippen molar-refractivity contribution >= 4 is 11.5 Å². The molecule has 19 heavy (non-hydrogen) atoms. The molecule has 0 fully saturated rings. The molecule has 0 aromatic carbocycles. The number of hydrogen-bond acceptors (Lipinski definition) is 4. The second-order valence-corrected chi connectivity index (χ2v) is 4.72. The molecule has 0 aliphatic carbocycles. The maximum atomic E-state index is 11.8. The molecule has 0 bridgehead atoms. The van der Waals surface area contributed by atoms with Crippen molar-refractivity contribution in [3.05, 3.63) is 35.4 Å². The maximum absolute atomic E-state index is 11.8. The normalized spacial score (nSPS) is 12.6. The first kappa shape index (κ1) is 13.5. The third-order valence-electron chi connectivity index (χ3n) is 3.23. The smallest absolute Gasteiger partial charge is 0.358 e. The number of rotatable bonds is 4. The summed E-state index contributed by atoms with van der Waals surface area (Å²) < 4.78 is 6.75. The minimum absolute atomic E-state index is 0.289. The molecule has 0 aliphatic rings. The average Bonchev–Trinajstić information content (AvgIpc) is 2.75. The van der Waals surface area contributed by atoms with E-state index >= 15 is 0 Å². The molecule has 1 atom stereocenters. The topological polar surface area (TPSA) is 55.6 Å². The van der Waals surface area contributed by atoms with Crippen LogP contribution in [0.1, 0.15) is 28.8 Å².